The van der Waals surface area contributed by atoms with Gasteiger partial charge in [0.1, 0.15) is 11.8 Å². The van der Waals surface area contributed by atoms with E-state index >= 15 is 0 Å². The van der Waals surface area contributed by atoms with E-state index in [0.29, 0.717) is 5.65 Å². The molecule has 0 aliphatic carbocycles. The summed E-state index contributed by atoms with van der Waals surface area (Å²) in [5.74, 6) is 0.126. The Morgan fingerprint density at radius 2 is 1.92 bits per heavy atom. The number of imidazole rings is 1. The van der Waals surface area contributed by atoms with Crippen molar-refractivity contribution in [2.45, 2.75) is 50.6 Å². The molecule has 9 nitrogen and oxygen atoms in total. The van der Waals surface area contributed by atoms with Gasteiger partial charge in [-0.1, -0.05) is 0 Å². The Morgan fingerprint density at radius 1 is 1.16 bits per heavy atom. The van der Waals surface area contributed by atoms with E-state index in [-0.39, 0.29) is 47.2 Å². The Labute approximate surface area is 212 Å². The van der Waals surface area contributed by atoms with Crippen molar-refractivity contribution in [1.82, 2.24) is 29.6 Å². The first-order valence-corrected chi connectivity index (χ1v) is 11.7. The SMILES string of the molecule is CCN1C(=O)N[C@@H](C(F)(F)F)CCCCOc2nc(cn3ccnc23)-c2cc(ncc2OC)C1C(F)(F)F. The first-order valence-electron chi connectivity index (χ1n) is 11.7. The summed E-state index contributed by atoms with van der Waals surface area (Å²) < 4.78 is 96.7. The number of ether oxygens (including phenoxy) is 2. The van der Waals surface area contributed by atoms with Crippen LogP contribution in [-0.4, -0.2) is 68.9 Å². The van der Waals surface area contributed by atoms with Gasteiger partial charge in [0.15, 0.2) is 6.04 Å². The van der Waals surface area contributed by atoms with E-state index in [4.69, 9.17) is 9.47 Å². The monoisotopic (exact) mass is 546 g/mol. The van der Waals surface area contributed by atoms with Crippen molar-refractivity contribution in [1.29, 1.82) is 0 Å². The van der Waals surface area contributed by atoms with Crippen LogP contribution in [0.25, 0.3) is 16.9 Å². The molecular weight excluding hydrogens is 522 g/mol. The zero-order chi connectivity index (χ0) is 27.7. The minimum atomic E-state index is -5.07. The molecule has 38 heavy (non-hydrogen) atoms. The van der Waals surface area contributed by atoms with Gasteiger partial charge in [-0.2, -0.15) is 26.3 Å². The Kier molecular flexibility index (Phi) is 7.56. The molecule has 4 heterocycles. The fourth-order valence-electron chi connectivity index (χ4n) is 4.22. The number of fused-ring (bicyclic) bond motifs is 7. The van der Waals surface area contributed by atoms with Crippen LogP contribution < -0.4 is 14.8 Å². The van der Waals surface area contributed by atoms with Gasteiger partial charge in [-0.25, -0.2) is 14.8 Å². The highest BCUT2D eigenvalue weighted by atomic mass is 19.4. The molecule has 1 unspecified atom stereocenters. The van der Waals surface area contributed by atoms with E-state index in [1.165, 1.54) is 26.4 Å². The van der Waals surface area contributed by atoms with Gasteiger partial charge in [-0.15, -0.1) is 0 Å². The normalized spacial score (nSPS) is 19.7. The molecule has 2 atom stereocenters. The lowest BCUT2D eigenvalue weighted by Gasteiger charge is -2.34. The summed E-state index contributed by atoms with van der Waals surface area (Å²) in [6, 6.07) is -5.47. The number of methoxy groups -OCH3 is 1. The number of aromatic nitrogens is 4. The number of amides is 2. The van der Waals surface area contributed by atoms with Gasteiger partial charge in [0.25, 0.3) is 5.88 Å². The van der Waals surface area contributed by atoms with Crippen molar-refractivity contribution in [2.75, 3.05) is 20.3 Å². The molecule has 0 aromatic carbocycles. The van der Waals surface area contributed by atoms with Gasteiger partial charge in [-0.3, -0.25) is 4.98 Å². The lowest BCUT2D eigenvalue weighted by atomic mass is 10.1. The highest BCUT2D eigenvalue weighted by molar-refractivity contribution is 5.76. The fraction of sp³-hybridized carbons (Fsp3) is 0.478. The maximum Gasteiger partial charge on any atom is 0.414 e. The molecule has 3 aromatic heterocycles. The summed E-state index contributed by atoms with van der Waals surface area (Å²) in [5, 5.41) is 1.74. The van der Waals surface area contributed by atoms with E-state index in [2.05, 4.69) is 15.0 Å². The van der Waals surface area contributed by atoms with Gasteiger partial charge >= 0.3 is 18.4 Å². The van der Waals surface area contributed by atoms with Crippen molar-refractivity contribution in [3.8, 4) is 22.9 Å². The third kappa shape index (κ3) is 5.55. The number of rotatable bonds is 2. The number of carbonyl (C=O) groups excluding carboxylic acids is 1. The highest BCUT2D eigenvalue weighted by Crippen LogP contribution is 2.40. The van der Waals surface area contributed by atoms with Crippen LogP contribution in [0.5, 0.6) is 11.6 Å². The van der Waals surface area contributed by atoms with Gasteiger partial charge in [0.2, 0.25) is 5.65 Å². The Bertz CT molecular complexity index is 1290. The zero-order valence-electron chi connectivity index (χ0n) is 20.3. The topological polar surface area (TPSA) is 93.9 Å². The molecule has 4 rings (SSSR count). The van der Waals surface area contributed by atoms with E-state index in [1.54, 1.807) is 15.9 Å². The van der Waals surface area contributed by atoms with Crippen molar-refractivity contribution in [3.05, 3.63) is 36.5 Å². The molecule has 2 amide bonds. The van der Waals surface area contributed by atoms with Crippen LogP contribution in [0.3, 0.4) is 0 Å². The summed E-state index contributed by atoms with van der Waals surface area (Å²) >= 11 is 0. The zero-order valence-corrected chi connectivity index (χ0v) is 20.3. The standard InChI is InChI=1S/C23H24F6N6O3/c1-3-35-18(23(27,28)29)14-10-13(16(37-2)11-31-14)15-12-34-8-7-30-19(34)20(32-15)38-9-5-4-6-17(22(24,25)26)33-21(35)36/h7-8,10-12,17-18H,3-6,9H2,1-2H3,(H,33,36)/t17-,18?/m1/s1. The summed E-state index contributed by atoms with van der Waals surface area (Å²) in [4.78, 5) is 25.6. The first-order chi connectivity index (χ1) is 17.9. The van der Waals surface area contributed by atoms with Crippen molar-refractivity contribution < 1.29 is 40.6 Å². The molecule has 3 aromatic rings. The molecule has 206 valence electrons. The smallest absolute Gasteiger partial charge is 0.414 e. The third-order valence-electron chi connectivity index (χ3n) is 6.05. The highest BCUT2D eigenvalue weighted by Gasteiger charge is 2.49. The third-order valence-corrected chi connectivity index (χ3v) is 6.05. The lowest BCUT2D eigenvalue weighted by molar-refractivity contribution is -0.180. The van der Waals surface area contributed by atoms with E-state index in [9.17, 15) is 31.1 Å². The minimum absolute atomic E-state index is 0.00649. The summed E-state index contributed by atoms with van der Waals surface area (Å²) in [6.45, 7) is 0.691. The second-order valence-corrected chi connectivity index (χ2v) is 8.52. The summed E-state index contributed by atoms with van der Waals surface area (Å²) in [6.07, 6.45) is -4.77. The molecule has 0 saturated heterocycles. The largest absolute Gasteiger partial charge is 0.494 e. The summed E-state index contributed by atoms with van der Waals surface area (Å²) in [5.41, 5.74) is -0.0441. The van der Waals surface area contributed by atoms with Crippen LogP contribution in [-0.2, 0) is 0 Å². The molecular formula is C23H24F6N6O3. The number of hydrogen-bond donors (Lipinski definition) is 1. The maximum atomic E-state index is 14.4. The molecule has 0 spiro atoms. The number of alkyl halides is 6. The van der Waals surface area contributed by atoms with E-state index in [0.717, 1.165) is 12.3 Å². The molecule has 1 aliphatic rings. The number of nitrogens with one attached hydrogen (secondary N) is 1. The average Bonchev–Trinajstić information content (AvgIpc) is 3.32. The van der Waals surface area contributed by atoms with Crippen LogP contribution in [0.2, 0.25) is 0 Å². The van der Waals surface area contributed by atoms with Gasteiger partial charge in [0, 0.05) is 30.7 Å². The maximum absolute atomic E-state index is 14.4. The number of nitrogens with zero attached hydrogens (tertiary/aromatic N) is 5. The van der Waals surface area contributed by atoms with Crippen LogP contribution in [0.4, 0.5) is 31.1 Å². The van der Waals surface area contributed by atoms with Crippen LogP contribution in [0.15, 0.2) is 30.9 Å². The minimum Gasteiger partial charge on any atom is -0.494 e. The number of carbonyl (C=O) groups is 1. The molecule has 0 saturated carbocycles. The Morgan fingerprint density at radius 3 is 2.58 bits per heavy atom. The Hall–Kier alpha value is -3.78. The molecule has 1 aliphatic heterocycles. The van der Waals surface area contributed by atoms with Gasteiger partial charge in [0.05, 0.1) is 31.3 Å². The molecule has 0 radical (unpaired) electrons. The quantitative estimate of drug-likeness (QED) is 0.459. The van der Waals surface area contributed by atoms with Crippen LogP contribution in [0.1, 0.15) is 37.9 Å². The second kappa shape index (κ2) is 10.5. The number of urea groups is 1. The van der Waals surface area contributed by atoms with Gasteiger partial charge < -0.3 is 24.1 Å². The number of hydrogen-bond acceptors (Lipinski definition) is 6. The van der Waals surface area contributed by atoms with Gasteiger partial charge in [-0.05, 0) is 32.3 Å². The number of halogens is 6. The molecule has 0 fully saturated rings. The van der Waals surface area contributed by atoms with Crippen molar-refractivity contribution in [2.24, 2.45) is 0 Å². The predicted molar refractivity (Wildman–Crippen MR) is 122 cm³/mol. The first kappa shape index (κ1) is 27.3. The van der Waals surface area contributed by atoms with Crippen molar-refractivity contribution >= 4 is 11.7 Å². The van der Waals surface area contributed by atoms with Crippen molar-refractivity contribution in [3.63, 3.8) is 0 Å². The molecule has 15 heteroatoms. The lowest BCUT2D eigenvalue weighted by Crippen LogP contribution is -2.53. The molecule has 4 bridgehead atoms. The average molecular weight is 546 g/mol. The van der Waals surface area contributed by atoms with Crippen LogP contribution >= 0.6 is 0 Å². The van der Waals surface area contributed by atoms with Crippen LogP contribution in [0, 0.1) is 0 Å². The second-order valence-electron chi connectivity index (χ2n) is 8.52. The number of pyridine rings is 1. The fourth-order valence-corrected chi connectivity index (χ4v) is 4.22. The Balaban J connectivity index is 1.91. The van der Waals surface area contributed by atoms with E-state index in [1.807, 2.05) is 0 Å². The molecule has 1 N–H and O–H groups in total. The predicted octanol–water partition coefficient (Wildman–Crippen LogP) is 4.93. The van der Waals surface area contributed by atoms with E-state index < -0.39 is 49.1 Å². The summed E-state index contributed by atoms with van der Waals surface area (Å²) in [7, 11) is 1.30.